The third-order valence-corrected chi connectivity index (χ3v) is 2.52. The highest BCUT2D eigenvalue weighted by molar-refractivity contribution is 9.10. The maximum atomic E-state index is 4.26. The SMILES string of the molecule is Brc1nc2ccc3ccccc3n2n1. The molecule has 2 heterocycles. The predicted octanol–water partition coefficient (Wildman–Crippen LogP) is 2.65. The van der Waals surface area contributed by atoms with E-state index in [1.54, 1.807) is 0 Å². The standard InChI is InChI=1S/C10H6BrN3/c11-10-12-9-6-5-7-3-1-2-4-8(7)14(9)13-10/h1-6H. The molecule has 0 unspecified atom stereocenters. The molecule has 0 bridgehead atoms. The van der Waals surface area contributed by atoms with Gasteiger partial charge in [-0.25, -0.2) is 9.50 Å². The Hall–Kier alpha value is -1.42. The van der Waals surface area contributed by atoms with E-state index < -0.39 is 0 Å². The second-order valence-electron chi connectivity index (χ2n) is 3.04. The van der Waals surface area contributed by atoms with E-state index >= 15 is 0 Å². The minimum atomic E-state index is 0.619. The molecule has 3 rings (SSSR count). The third kappa shape index (κ3) is 1.04. The highest BCUT2D eigenvalue weighted by Crippen LogP contribution is 2.16. The number of fused-ring (bicyclic) bond motifs is 3. The van der Waals surface area contributed by atoms with Crippen molar-refractivity contribution in [1.29, 1.82) is 0 Å². The molecular weight excluding hydrogens is 242 g/mol. The van der Waals surface area contributed by atoms with E-state index in [1.165, 1.54) is 0 Å². The summed E-state index contributed by atoms with van der Waals surface area (Å²) >= 11 is 3.27. The fraction of sp³-hybridized carbons (Fsp3) is 0. The Bertz CT molecular complexity index is 615. The molecule has 0 amide bonds. The van der Waals surface area contributed by atoms with Crippen molar-refractivity contribution in [2.75, 3.05) is 0 Å². The number of para-hydroxylation sites is 1. The van der Waals surface area contributed by atoms with E-state index in [4.69, 9.17) is 0 Å². The largest absolute Gasteiger partial charge is 0.218 e. The van der Waals surface area contributed by atoms with E-state index in [0.717, 1.165) is 16.6 Å². The molecule has 0 saturated carbocycles. The number of benzene rings is 1. The summed E-state index contributed by atoms with van der Waals surface area (Å²) in [6.07, 6.45) is 0. The maximum absolute atomic E-state index is 4.26. The number of aromatic nitrogens is 3. The monoisotopic (exact) mass is 247 g/mol. The smallest absolute Gasteiger partial charge is 0.212 e. The van der Waals surface area contributed by atoms with Crippen LogP contribution in [-0.4, -0.2) is 14.6 Å². The summed E-state index contributed by atoms with van der Waals surface area (Å²) in [4.78, 5) is 4.23. The van der Waals surface area contributed by atoms with E-state index in [9.17, 15) is 0 Å². The average Bonchev–Trinajstić information content (AvgIpc) is 2.59. The molecule has 68 valence electrons. The van der Waals surface area contributed by atoms with E-state index in [-0.39, 0.29) is 0 Å². The van der Waals surface area contributed by atoms with Crippen molar-refractivity contribution in [3.05, 3.63) is 41.1 Å². The summed E-state index contributed by atoms with van der Waals surface area (Å²) in [7, 11) is 0. The minimum Gasteiger partial charge on any atom is -0.212 e. The zero-order valence-electron chi connectivity index (χ0n) is 7.18. The second-order valence-corrected chi connectivity index (χ2v) is 3.75. The first-order chi connectivity index (χ1) is 6.84. The van der Waals surface area contributed by atoms with Crippen LogP contribution in [0.2, 0.25) is 0 Å². The van der Waals surface area contributed by atoms with Gasteiger partial charge in [-0.3, -0.25) is 0 Å². The predicted molar refractivity (Wildman–Crippen MR) is 58.2 cm³/mol. The van der Waals surface area contributed by atoms with Crippen molar-refractivity contribution < 1.29 is 0 Å². The van der Waals surface area contributed by atoms with Gasteiger partial charge in [0, 0.05) is 5.39 Å². The van der Waals surface area contributed by atoms with E-state index in [0.29, 0.717) is 4.73 Å². The van der Waals surface area contributed by atoms with Crippen LogP contribution in [0.25, 0.3) is 16.6 Å². The Morgan fingerprint density at radius 3 is 2.86 bits per heavy atom. The molecule has 0 aliphatic carbocycles. The second kappa shape index (κ2) is 2.78. The fourth-order valence-corrected chi connectivity index (χ4v) is 1.91. The summed E-state index contributed by atoms with van der Waals surface area (Å²) in [6.45, 7) is 0. The topological polar surface area (TPSA) is 30.2 Å². The Labute approximate surface area is 88.5 Å². The number of rotatable bonds is 0. The van der Waals surface area contributed by atoms with Crippen LogP contribution in [0.3, 0.4) is 0 Å². The Kier molecular flexibility index (Phi) is 1.58. The summed E-state index contributed by atoms with van der Waals surface area (Å²) in [5.74, 6) is 0. The average molecular weight is 248 g/mol. The molecule has 3 nitrogen and oxygen atoms in total. The van der Waals surface area contributed by atoms with Gasteiger partial charge in [-0.1, -0.05) is 18.2 Å². The summed E-state index contributed by atoms with van der Waals surface area (Å²) in [5, 5.41) is 5.43. The normalized spacial score (nSPS) is 11.2. The van der Waals surface area contributed by atoms with Crippen LogP contribution >= 0.6 is 15.9 Å². The molecule has 0 fully saturated rings. The maximum Gasteiger partial charge on any atom is 0.218 e. The van der Waals surface area contributed by atoms with Crippen LogP contribution in [0.4, 0.5) is 0 Å². The van der Waals surface area contributed by atoms with Gasteiger partial charge in [0.25, 0.3) is 0 Å². The van der Waals surface area contributed by atoms with Gasteiger partial charge in [0.05, 0.1) is 5.52 Å². The van der Waals surface area contributed by atoms with Gasteiger partial charge in [-0.2, -0.15) is 0 Å². The summed E-state index contributed by atoms with van der Waals surface area (Å²) in [6, 6.07) is 12.1. The molecule has 0 saturated heterocycles. The quantitative estimate of drug-likeness (QED) is 0.612. The van der Waals surface area contributed by atoms with Crippen LogP contribution in [0, 0.1) is 0 Å². The highest BCUT2D eigenvalue weighted by atomic mass is 79.9. The Balaban J connectivity index is 2.60. The van der Waals surface area contributed by atoms with E-state index in [1.807, 2.05) is 34.8 Å². The molecule has 0 radical (unpaired) electrons. The number of pyridine rings is 1. The molecule has 4 heteroatoms. The molecular formula is C10H6BrN3. The number of nitrogens with zero attached hydrogens (tertiary/aromatic N) is 3. The van der Waals surface area contributed by atoms with Gasteiger partial charge >= 0.3 is 0 Å². The Morgan fingerprint density at radius 2 is 1.93 bits per heavy atom. The lowest BCUT2D eigenvalue weighted by Gasteiger charge is -1.98. The highest BCUT2D eigenvalue weighted by Gasteiger charge is 2.02. The molecule has 2 aromatic heterocycles. The van der Waals surface area contributed by atoms with Gasteiger partial charge in [0.2, 0.25) is 4.73 Å². The first-order valence-corrected chi connectivity index (χ1v) is 5.04. The molecule has 3 aromatic rings. The van der Waals surface area contributed by atoms with Gasteiger partial charge in [-0.15, -0.1) is 5.10 Å². The molecule has 0 spiro atoms. The zero-order chi connectivity index (χ0) is 9.54. The molecule has 0 atom stereocenters. The Morgan fingerprint density at radius 1 is 1.07 bits per heavy atom. The molecule has 14 heavy (non-hydrogen) atoms. The summed E-state index contributed by atoms with van der Waals surface area (Å²) in [5.41, 5.74) is 1.93. The lowest BCUT2D eigenvalue weighted by atomic mass is 10.2. The zero-order valence-corrected chi connectivity index (χ0v) is 8.77. The number of halogens is 1. The summed E-state index contributed by atoms with van der Waals surface area (Å²) < 4.78 is 2.45. The minimum absolute atomic E-state index is 0.619. The lowest BCUT2D eigenvalue weighted by Crippen LogP contribution is -1.89. The van der Waals surface area contributed by atoms with Crippen LogP contribution < -0.4 is 0 Å². The van der Waals surface area contributed by atoms with Crippen LogP contribution in [0.1, 0.15) is 0 Å². The number of hydrogen-bond acceptors (Lipinski definition) is 2. The van der Waals surface area contributed by atoms with Crippen molar-refractivity contribution in [3.8, 4) is 0 Å². The van der Waals surface area contributed by atoms with Crippen molar-refractivity contribution in [3.63, 3.8) is 0 Å². The lowest BCUT2D eigenvalue weighted by molar-refractivity contribution is 0.985. The van der Waals surface area contributed by atoms with Gasteiger partial charge < -0.3 is 0 Å². The van der Waals surface area contributed by atoms with Gasteiger partial charge in [0.1, 0.15) is 0 Å². The molecule has 1 aromatic carbocycles. The first-order valence-electron chi connectivity index (χ1n) is 4.25. The van der Waals surface area contributed by atoms with Crippen LogP contribution in [0.15, 0.2) is 41.1 Å². The van der Waals surface area contributed by atoms with Crippen molar-refractivity contribution in [2.45, 2.75) is 0 Å². The third-order valence-electron chi connectivity index (χ3n) is 2.18. The molecule has 0 aliphatic rings. The van der Waals surface area contributed by atoms with Crippen molar-refractivity contribution in [2.24, 2.45) is 0 Å². The van der Waals surface area contributed by atoms with E-state index in [2.05, 4.69) is 32.1 Å². The van der Waals surface area contributed by atoms with Crippen LogP contribution in [0.5, 0.6) is 0 Å². The van der Waals surface area contributed by atoms with Crippen LogP contribution in [-0.2, 0) is 0 Å². The van der Waals surface area contributed by atoms with Gasteiger partial charge in [0.15, 0.2) is 5.65 Å². The van der Waals surface area contributed by atoms with Gasteiger partial charge in [-0.05, 0) is 34.1 Å². The number of hydrogen-bond donors (Lipinski definition) is 0. The van der Waals surface area contributed by atoms with Crippen molar-refractivity contribution in [1.82, 2.24) is 14.6 Å². The first kappa shape index (κ1) is 7.94. The molecule has 0 aliphatic heterocycles. The van der Waals surface area contributed by atoms with Crippen molar-refractivity contribution >= 4 is 32.5 Å². The fourth-order valence-electron chi connectivity index (χ4n) is 1.57. The molecule has 0 N–H and O–H groups in total.